The van der Waals surface area contributed by atoms with Gasteiger partial charge in [0.1, 0.15) is 11.2 Å². The Morgan fingerprint density at radius 1 is 1.35 bits per heavy atom. The minimum absolute atomic E-state index is 0.149. The molecule has 2 unspecified atom stereocenters. The van der Waals surface area contributed by atoms with Gasteiger partial charge in [-0.25, -0.2) is 0 Å². The molecular formula is C18H19BrO4. The molecule has 0 saturated carbocycles. The fourth-order valence-electron chi connectivity index (χ4n) is 2.82. The molecule has 2 rings (SSSR count). The number of halogens is 1. The number of aliphatic hydroxyl groups is 1. The van der Waals surface area contributed by atoms with Crippen LogP contribution < -0.4 is 0 Å². The lowest BCUT2D eigenvalue weighted by Crippen LogP contribution is -2.45. The molecule has 0 radical (unpaired) electrons. The van der Waals surface area contributed by atoms with Crippen molar-refractivity contribution < 1.29 is 20.1 Å². The molecule has 1 aromatic carbocycles. The van der Waals surface area contributed by atoms with E-state index in [9.17, 15) is 20.1 Å². The second-order valence-electron chi connectivity index (χ2n) is 5.75. The Morgan fingerprint density at radius 2 is 2.04 bits per heavy atom. The molecule has 0 spiro atoms. The first-order chi connectivity index (χ1) is 10.8. The number of alkyl halides is 1. The Labute approximate surface area is 143 Å². The monoisotopic (exact) mass is 378 g/mol. The lowest BCUT2D eigenvalue weighted by atomic mass is 9.70. The number of phenolic OH excluding ortho intramolecular Hbond substituents is 1. The molecule has 0 fully saturated rings. The Morgan fingerprint density at radius 3 is 2.57 bits per heavy atom. The molecule has 4 nitrogen and oxygen atoms in total. The molecule has 23 heavy (non-hydrogen) atoms. The van der Waals surface area contributed by atoms with E-state index in [0.717, 1.165) is 11.1 Å². The summed E-state index contributed by atoms with van der Waals surface area (Å²) in [5, 5.41) is 31.2. The SMILES string of the molecule is CC(C)=Cc1c(CBr)ccc(O)c1C1(C(=O)O)C=CC=CC1O. The van der Waals surface area contributed by atoms with Gasteiger partial charge in [-0.3, -0.25) is 4.79 Å². The van der Waals surface area contributed by atoms with E-state index < -0.39 is 17.5 Å². The van der Waals surface area contributed by atoms with E-state index in [0.29, 0.717) is 10.9 Å². The zero-order valence-corrected chi connectivity index (χ0v) is 14.5. The summed E-state index contributed by atoms with van der Waals surface area (Å²) in [6.07, 6.45) is 6.57. The number of benzene rings is 1. The van der Waals surface area contributed by atoms with Crippen molar-refractivity contribution in [3.8, 4) is 5.75 Å². The fraction of sp³-hybridized carbons (Fsp3) is 0.278. The average Bonchev–Trinajstić information content (AvgIpc) is 2.48. The number of carboxylic acids is 1. The van der Waals surface area contributed by atoms with Gasteiger partial charge in [0, 0.05) is 10.9 Å². The van der Waals surface area contributed by atoms with Crippen LogP contribution in [0.25, 0.3) is 6.08 Å². The van der Waals surface area contributed by atoms with Crippen LogP contribution in [0.2, 0.25) is 0 Å². The Kier molecular flexibility index (Phi) is 5.12. The third kappa shape index (κ3) is 2.99. The number of allylic oxidation sites excluding steroid dienone is 3. The van der Waals surface area contributed by atoms with Crippen LogP contribution in [0.15, 0.2) is 42.0 Å². The predicted octanol–water partition coefficient (Wildman–Crippen LogP) is 3.52. The maximum atomic E-state index is 12.1. The standard InChI is InChI=1S/C18H19BrO4/c1-11(2)9-13-12(10-19)6-7-14(20)16(13)18(17(22)23)8-4-3-5-15(18)21/h3-9,15,20-21H,10H2,1-2H3,(H,22,23). The van der Waals surface area contributed by atoms with Crippen LogP contribution in [-0.4, -0.2) is 27.4 Å². The van der Waals surface area contributed by atoms with Gasteiger partial charge in [-0.2, -0.15) is 0 Å². The quantitative estimate of drug-likeness (QED) is 0.700. The van der Waals surface area contributed by atoms with Crippen LogP contribution in [0, 0.1) is 0 Å². The van der Waals surface area contributed by atoms with Crippen molar-refractivity contribution >= 4 is 28.0 Å². The maximum absolute atomic E-state index is 12.1. The van der Waals surface area contributed by atoms with E-state index in [-0.39, 0.29) is 11.3 Å². The van der Waals surface area contributed by atoms with E-state index in [2.05, 4.69) is 15.9 Å². The molecule has 1 aliphatic rings. The van der Waals surface area contributed by atoms with Crippen molar-refractivity contribution in [1.82, 2.24) is 0 Å². The fourth-order valence-corrected chi connectivity index (χ4v) is 3.31. The highest BCUT2D eigenvalue weighted by molar-refractivity contribution is 9.08. The highest BCUT2D eigenvalue weighted by Gasteiger charge is 2.48. The summed E-state index contributed by atoms with van der Waals surface area (Å²) in [6.45, 7) is 3.79. The summed E-state index contributed by atoms with van der Waals surface area (Å²) in [7, 11) is 0. The van der Waals surface area contributed by atoms with Gasteiger partial charge in [-0.15, -0.1) is 0 Å². The zero-order valence-electron chi connectivity index (χ0n) is 13.0. The summed E-state index contributed by atoms with van der Waals surface area (Å²) >= 11 is 3.40. The lowest BCUT2D eigenvalue weighted by molar-refractivity contribution is -0.145. The smallest absolute Gasteiger partial charge is 0.321 e. The summed E-state index contributed by atoms with van der Waals surface area (Å²) in [6, 6.07) is 3.21. The first-order valence-electron chi connectivity index (χ1n) is 7.18. The van der Waals surface area contributed by atoms with E-state index in [1.165, 1.54) is 18.2 Å². The summed E-state index contributed by atoms with van der Waals surface area (Å²) < 4.78 is 0. The van der Waals surface area contributed by atoms with E-state index in [1.54, 1.807) is 18.2 Å². The zero-order chi connectivity index (χ0) is 17.2. The van der Waals surface area contributed by atoms with Gasteiger partial charge in [0.05, 0.1) is 6.10 Å². The number of aliphatic carboxylic acids is 1. The molecule has 3 N–H and O–H groups in total. The molecule has 0 bridgehead atoms. The number of aliphatic hydroxyl groups excluding tert-OH is 1. The van der Waals surface area contributed by atoms with Crippen LogP contribution in [0.5, 0.6) is 5.75 Å². The number of hydrogen-bond acceptors (Lipinski definition) is 3. The number of aromatic hydroxyl groups is 1. The number of hydrogen-bond donors (Lipinski definition) is 3. The molecule has 0 amide bonds. The number of carbonyl (C=O) groups is 1. The molecule has 0 heterocycles. The van der Waals surface area contributed by atoms with Gasteiger partial charge >= 0.3 is 5.97 Å². The molecule has 1 aromatic rings. The van der Waals surface area contributed by atoms with Crippen LogP contribution in [-0.2, 0) is 15.5 Å². The van der Waals surface area contributed by atoms with E-state index in [1.807, 2.05) is 19.9 Å². The van der Waals surface area contributed by atoms with Gasteiger partial charge < -0.3 is 15.3 Å². The van der Waals surface area contributed by atoms with Crippen molar-refractivity contribution in [1.29, 1.82) is 0 Å². The molecule has 2 atom stereocenters. The van der Waals surface area contributed by atoms with Gasteiger partial charge in [0.15, 0.2) is 0 Å². The van der Waals surface area contributed by atoms with Gasteiger partial charge in [0.25, 0.3) is 0 Å². The highest BCUT2D eigenvalue weighted by Crippen LogP contribution is 2.43. The first-order valence-corrected chi connectivity index (χ1v) is 8.30. The second kappa shape index (κ2) is 6.72. The van der Waals surface area contributed by atoms with E-state index in [4.69, 9.17) is 0 Å². The van der Waals surface area contributed by atoms with Crippen LogP contribution in [0.3, 0.4) is 0 Å². The van der Waals surface area contributed by atoms with Gasteiger partial charge in [-0.05, 0) is 31.0 Å². The molecular weight excluding hydrogens is 360 g/mol. The second-order valence-corrected chi connectivity index (χ2v) is 6.31. The lowest BCUT2D eigenvalue weighted by Gasteiger charge is -2.34. The van der Waals surface area contributed by atoms with Gasteiger partial charge in [-0.1, -0.05) is 57.9 Å². The molecule has 0 saturated heterocycles. The summed E-state index contributed by atoms with van der Waals surface area (Å²) in [5.74, 6) is -1.36. The topological polar surface area (TPSA) is 77.8 Å². The Balaban J connectivity index is 2.89. The summed E-state index contributed by atoms with van der Waals surface area (Å²) in [4.78, 5) is 12.1. The number of rotatable bonds is 4. The third-order valence-corrected chi connectivity index (χ3v) is 4.49. The van der Waals surface area contributed by atoms with Crippen molar-refractivity contribution in [2.75, 3.05) is 0 Å². The molecule has 0 aromatic heterocycles. The largest absolute Gasteiger partial charge is 0.508 e. The average molecular weight is 379 g/mol. The van der Waals surface area contributed by atoms with Crippen molar-refractivity contribution in [3.63, 3.8) is 0 Å². The van der Waals surface area contributed by atoms with Crippen LogP contribution in [0.4, 0.5) is 0 Å². The molecule has 5 heteroatoms. The van der Waals surface area contributed by atoms with Crippen molar-refractivity contribution in [2.45, 2.75) is 30.7 Å². The third-order valence-electron chi connectivity index (χ3n) is 3.89. The molecule has 0 aliphatic heterocycles. The Hall–Kier alpha value is -1.85. The summed E-state index contributed by atoms with van der Waals surface area (Å²) in [5.41, 5.74) is 0.900. The molecule has 1 aliphatic carbocycles. The number of phenols is 1. The van der Waals surface area contributed by atoms with Crippen LogP contribution in [0.1, 0.15) is 30.5 Å². The minimum Gasteiger partial charge on any atom is -0.508 e. The van der Waals surface area contributed by atoms with Crippen LogP contribution >= 0.6 is 15.9 Å². The predicted molar refractivity (Wildman–Crippen MR) is 93.7 cm³/mol. The van der Waals surface area contributed by atoms with E-state index >= 15 is 0 Å². The van der Waals surface area contributed by atoms with Gasteiger partial charge in [0.2, 0.25) is 0 Å². The van der Waals surface area contributed by atoms with Crippen molar-refractivity contribution in [3.05, 3.63) is 58.7 Å². The van der Waals surface area contributed by atoms with Crippen molar-refractivity contribution in [2.24, 2.45) is 0 Å². The highest BCUT2D eigenvalue weighted by atomic mass is 79.9. The minimum atomic E-state index is -1.72. The Bertz CT molecular complexity index is 714. The first kappa shape index (κ1) is 17.5. The maximum Gasteiger partial charge on any atom is 0.321 e. The number of carboxylic acid groups (broad SMARTS) is 1. The normalized spacial score (nSPS) is 22.9. The molecule has 122 valence electrons.